The molecule has 30 heavy (non-hydrogen) atoms. The lowest BCUT2D eigenvalue weighted by molar-refractivity contribution is 0.0977. The van der Waals surface area contributed by atoms with Gasteiger partial charge in [0.25, 0.3) is 0 Å². The molecule has 0 bridgehead atoms. The van der Waals surface area contributed by atoms with E-state index in [0.717, 1.165) is 7.11 Å². The van der Waals surface area contributed by atoms with Crippen molar-refractivity contribution in [1.82, 2.24) is 0 Å². The van der Waals surface area contributed by atoms with Gasteiger partial charge in [-0.2, -0.15) is 8.42 Å². The van der Waals surface area contributed by atoms with Gasteiger partial charge in [-0.3, -0.25) is 9.59 Å². The van der Waals surface area contributed by atoms with Gasteiger partial charge >= 0.3 is 10.4 Å². The summed E-state index contributed by atoms with van der Waals surface area (Å²) in [6.07, 6.45) is 0. The van der Waals surface area contributed by atoms with E-state index in [1.54, 1.807) is 24.3 Å². The SMILES string of the molecule is COS(=O)(=O)Oc1ccc(Nc2ccc(O)c3c2C(=O)c2ccccc2C3=O)cc1. The highest BCUT2D eigenvalue weighted by molar-refractivity contribution is 7.82. The number of nitrogens with one attached hydrogen (secondary N) is 1. The quantitative estimate of drug-likeness (QED) is 0.468. The van der Waals surface area contributed by atoms with Crippen LogP contribution < -0.4 is 9.50 Å². The fourth-order valence-electron chi connectivity index (χ4n) is 3.21. The molecule has 0 unspecified atom stereocenters. The zero-order chi connectivity index (χ0) is 21.5. The number of hydrogen-bond donors (Lipinski definition) is 2. The molecular formula is C21H15NO7S. The maximum Gasteiger partial charge on any atom is 0.448 e. The van der Waals surface area contributed by atoms with E-state index in [1.165, 1.54) is 36.4 Å². The van der Waals surface area contributed by atoms with E-state index >= 15 is 0 Å². The number of carbonyl (C=O) groups is 2. The highest BCUT2D eigenvalue weighted by Crippen LogP contribution is 2.38. The summed E-state index contributed by atoms with van der Waals surface area (Å²) in [5.41, 5.74) is 1.34. The molecule has 0 amide bonds. The van der Waals surface area contributed by atoms with Crippen LogP contribution in [0.1, 0.15) is 31.8 Å². The second-order valence-corrected chi connectivity index (χ2v) is 7.71. The minimum Gasteiger partial charge on any atom is -0.507 e. The minimum atomic E-state index is -4.13. The van der Waals surface area contributed by atoms with Crippen LogP contribution in [0.5, 0.6) is 11.5 Å². The fourth-order valence-corrected chi connectivity index (χ4v) is 3.63. The summed E-state index contributed by atoms with van der Waals surface area (Å²) in [6, 6.07) is 15.1. The van der Waals surface area contributed by atoms with Gasteiger partial charge in [0, 0.05) is 16.8 Å². The van der Waals surface area contributed by atoms with Gasteiger partial charge in [0.15, 0.2) is 11.6 Å². The zero-order valence-electron chi connectivity index (χ0n) is 15.6. The first-order valence-corrected chi connectivity index (χ1v) is 10.1. The van der Waals surface area contributed by atoms with E-state index in [2.05, 4.69) is 9.50 Å². The molecule has 9 heteroatoms. The Morgan fingerprint density at radius 2 is 1.43 bits per heavy atom. The van der Waals surface area contributed by atoms with Gasteiger partial charge in [-0.1, -0.05) is 24.3 Å². The van der Waals surface area contributed by atoms with Gasteiger partial charge < -0.3 is 14.6 Å². The lowest BCUT2D eigenvalue weighted by Crippen LogP contribution is -2.22. The lowest BCUT2D eigenvalue weighted by Gasteiger charge is -2.21. The van der Waals surface area contributed by atoms with Crippen LogP contribution in [0.3, 0.4) is 0 Å². The van der Waals surface area contributed by atoms with Gasteiger partial charge in [0.2, 0.25) is 0 Å². The first-order chi connectivity index (χ1) is 14.3. The molecule has 0 aliphatic heterocycles. The zero-order valence-corrected chi connectivity index (χ0v) is 16.4. The number of rotatable bonds is 5. The van der Waals surface area contributed by atoms with Crippen LogP contribution in [0.4, 0.5) is 11.4 Å². The predicted molar refractivity (Wildman–Crippen MR) is 108 cm³/mol. The number of anilines is 2. The molecule has 0 heterocycles. The standard InChI is InChI=1S/C21H15NO7S/c1-28-30(26,27)29-13-8-6-12(7-9-13)22-16-10-11-17(23)19-18(16)20(24)14-4-2-3-5-15(14)21(19)25/h2-11,22-23H,1H3. The molecule has 2 N–H and O–H groups in total. The summed E-state index contributed by atoms with van der Waals surface area (Å²) in [5, 5.41) is 13.3. The number of phenols is 1. The number of fused-ring (bicyclic) bond motifs is 2. The number of carbonyl (C=O) groups excluding carboxylic acids is 2. The Hall–Kier alpha value is -3.69. The van der Waals surface area contributed by atoms with Gasteiger partial charge in [0.05, 0.1) is 23.9 Å². The first kappa shape index (κ1) is 19.6. The van der Waals surface area contributed by atoms with E-state index in [1.807, 2.05) is 0 Å². The molecule has 0 aromatic heterocycles. The van der Waals surface area contributed by atoms with Crippen molar-refractivity contribution in [3.63, 3.8) is 0 Å². The van der Waals surface area contributed by atoms with Gasteiger partial charge in [-0.25, -0.2) is 4.18 Å². The van der Waals surface area contributed by atoms with Crippen molar-refractivity contribution in [2.24, 2.45) is 0 Å². The maximum absolute atomic E-state index is 13.1. The molecule has 0 atom stereocenters. The molecule has 0 saturated carbocycles. The average Bonchev–Trinajstić information content (AvgIpc) is 2.74. The van der Waals surface area contributed by atoms with E-state index in [4.69, 9.17) is 4.18 Å². The largest absolute Gasteiger partial charge is 0.507 e. The average molecular weight is 425 g/mol. The molecule has 0 fully saturated rings. The van der Waals surface area contributed by atoms with Gasteiger partial charge in [-0.15, -0.1) is 0 Å². The molecule has 0 saturated heterocycles. The molecular weight excluding hydrogens is 410 g/mol. The third kappa shape index (κ3) is 3.40. The highest BCUT2D eigenvalue weighted by atomic mass is 32.3. The number of benzene rings is 3. The van der Waals surface area contributed by atoms with E-state index in [9.17, 15) is 23.1 Å². The van der Waals surface area contributed by atoms with E-state index in [0.29, 0.717) is 11.4 Å². The summed E-state index contributed by atoms with van der Waals surface area (Å²) >= 11 is 0. The van der Waals surface area contributed by atoms with Crippen molar-refractivity contribution in [1.29, 1.82) is 0 Å². The third-order valence-electron chi connectivity index (χ3n) is 4.59. The topological polar surface area (TPSA) is 119 Å². The monoisotopic (exact) mass is 425 g/mol. The molecule has 3 aromatic carbocycles. The molecule has 1 aliphatic rings. The summed E-state index contributed by atoms with van der Waals surface area (Å²) in [5.74, 6) is -1.06. The fraction of sp³-hybridized carbons (Fsp3) is 0.0476. The van der Waals surface area contributed by atoms with Crippen LogP contribution in [0.2, 0.25) is 0 Å². The molecule has 0 spiro atoms. The smallest absolute Gasteiger partial charge is 0.448 e. The first-order valence-electron chi connectivity index (χ1n) is 8.72. The predicted octanol–water partition coefficient (Wildman–Crippen LogP) is 3.18. The molecule has 0 radical (unpaired) electrons. The minimum absolute atomic E-state index is 0.0373. The van der Waals surface area contributed by atoms with Crippen molar-refractivity contribution < 1.29 is 31.5 Å². The van der Waals surface area contributed by atoms with Crippen LogP contribution >= 0.6 is 0 Å². The van der Waals surface area contributed by atoms with Crippen LogP contribution in [-0.4, -0.2) is 32.2 Å². The number of phenolic OH excluding ortho intramolecular Hbond substituents is 1. The number of ketones is 2. The molecule has 3 aromatic rings. The van der Waals surface area contributed by atoms with Gasteiger partial charge in [0.1, 0.15) is 11.5 Å². The van der Waals surface area contributed by atoms with E-state index < -0.39 is 16.2 Å². The molecule has 152 valence electrons. The highest BCUT2D eigenvalue weighted by Gasteiger charge is 2.33. The summed E-state index contributed by atoms with van der Waals surface area (Å²) < 4.78 is 31.7. The van der Waals surface area contributed by atoms with Crippen molar-refractivity contribution in [2.45, 2.75) is 0 Å². The normalized spacial score (nSPS) is 12.8. The van der Waals surface area contributed by atoms with E-state index in [-0.39, 0.29) is 39.5 Å². The summed E-state index contributed by atoms with van der Waals surface area (Å²) in [4.78, 5) is 25.9. The molecule has 1 aliphatic carbocycles. The summed E-state index contributed by atoms with van der Waals surface area (Å²) in [6.45, 7) is 0. The Bertz CT molecular complexity index is 1280. The van der Waals surface area contributed by atoms with Crippen molar-refractivity contribution in [2.75, 3.05) is 12.4 Å². The molecule has 4 rings (SSSR count). The molecule has 8 nitrogen and oxygen atoms in total. The Morgan fingerprint density at radius 1 is 0.833 bits per heavy atom. The van der Waals surface area contributed by atoms with Gasteiger partial charge in [-0.05, 0) is 36.4 Å². The van der Waals surface area contributed by atoms with Crippen LogP contribution in [0.25, 0.3) is 0 Å². The van der Waals surface area contributed by atoms with Crippen LogP contribution in [0.15, 0.2) is 60.7 Å². The van der Waals surface area contributed by atoms with Crippen molar-refractivity contribution in [3.05, 3.63) is 82.9 Å². The number of aromatic hydroxyl groups is 1. The summed E-state index contributed by atoms with van der Waals surface area (Å²) in [7, 11) is -3.15. The van der Waals surface area contributed by atoms with Crippen molar-refractivity contribution >= 4 is 33.3 Å². The lowest BCUT2D eigenvalue weighted by atomic mass is 9.82. The Balaban J connectivity index is 1.71. The maximum atomic E-state index is 13.1. The second kappa shape index (κ2) is 7.29. The number of hydrogen-bond acceptors (Lipinski definition) is 8. The Labute approximate surface area is 172 Å². The van der Waals surface area contributed by atoms with Crippen LogP contribution in [-0.2, 0) is 14.6 Å². The third-order valence-corrected chi connectivity index (χ3v) is 5.39. The second-order valence-electron chi connectivity index (χ2n) is 6.39. The Kier molecular flexibility index (Phi) is 4.76. The van der Waals surface area contributed by atoms with Crippen molar-refractivity contribution in [3.8, 4) is 11.5 Å². The Morgan fingerprint density at radius 3 is 2.03 bits per heavy atom. The van der Waals surface area contributed by atoms with Crippen LogP contribution in [0, 0.1) is 0 Å².